The predicted molar refractivity (Wildman–Crippen MR) is 72.3 cm³/mol. The molecule has 0 aliphatic rings. The van der Waals surface area contributed by atoms with Gasteiger partial charge in [0.05, 0.1) is 23.4 Å². The van der Waals surface area contributed by atoms with Gasteiger partial charge in [-0.1, -0.05) is 11.6 Å². The van der Waals surface area contributed by atoms with Crippen LogP contribution in [0.1, 0.15) is 6.92 Å². The summed E-state index contributed by atoms with van der Waals surface area (Å²) in [7, 11) is 1.63. The number of thiophene rings is 1. The van der Waals surface area contributed by atoms with Gasteiger partial charge in [0.1, 0.15) is 0 Å². The van der Waals surface area contributed by atoms with E-state index in [1.807, 2.05) is 18.4 Å². The van der Waals surface area contributed by atoms with Crippen molar-refractivity contribution in [1.82, 2.24) is 0 Å². The van der Waals surface area contributed by atoms with Crippen LogP contribution in [0.2, 0.25) is 5.02 Å². The molecular formula is C11H10BrClO2S. The van der Waals surface area contributed by atoms with Gasteiger partial charge in [0, 0.05) is 15.2 Å². The molecular weight excluding hydrogens is 312 g/mol. The Morgan fingerprint density at radius 2 is 2.25 bits per heavy atom. The lowest BCUT2D eigenvalue weighted by Crippen LogP contribution is -1.95. The monoisotopic (exact) mass is 320 g/mol. The van der Waals surface area contributed by atoms with Crippen LogP contribution in [0.5, 0.6) is 11.5 Å². The molecule has 0 bridgehead atoms. The molecule has 0 radical (unpaired) electrons. The summed E-state index contributed by atoms with van der Waals surface area (Å²) in [6.45, 7) is 2.55. The highest BCUT2D eigenvalue weighted by Gasteiger charge is 2.16. The highest BCUT2D eigenvalue weighted by molar-refractivity contribution is 9.10. The molecule has 0 aliphatic carbocycles. The molecule has 16 heavy (non-hydrogen) atoms. The summed E-state index contributed by atoms with van der Waals surface area (Å²) in [6.07, 6.45) is 0. The molecule has 0 saturated heterocycles. The Morgan fingerprint density at radius 1 is 1.50 bits per heavy atom. The van der Waals surface area contributed by atoms with Crippen LogP contribution in [-0.2, 0) is 0 Å². The number of benzene rings is 1. The summed E-state index contributed by atoms with van der Waals surface area (Å²) >= 11 is 11.2. The number of hydrogen-bond donors (Lipinski definition) is 0. The minimum atomic E-state index is 0.600. The van der Waals surface area contributed by atoms with Gasteiger partial charge in [0.25, 0.3) is 0 Å². The van der Waals surface area contributed by atoms with Gasteiger partial charge in [-0.3, -0.25) is 0 Å². The van der Waals surface area contributed by atoms with Gasteiger partial charge in [0.2, 0.25) is 0 Å². The van der Waals surface area contributed by atoms with E-state index in [1.165, 1.54) is 0 Å². The first-order valence-corrected chi connectivity index (χ1v) is 6.80. The van der Waals surface area contributed by atoms with E-state index in [4.69, 9.17) is 21.1 Å². The van der Waals surface area contributed by atoms with E-state index in [0.717, 1.165) is 31.1 Å². The lowest BCUT2D eigenvalue weighted by molar-refractivity contribution is 0.315. The molecule has 0 spiro atoms. The van der Waals surface area contributed by atoms with Crippen LogP contribution < -0.4 is 9.47 Å². The molecule has 0 unspecified atom stereocenters. The molecule has 0 fully saturated rings. The topological polar surface area (TPSA) is 18.5 Å². The fourth-order valence-electron chi connectivity index (χ4n) is 1.52. The van der Waals surface area contributed by atoms with Gasteiger partial charge in [-0.25, -0.2) is 0 Å². The van der Waals surface area contributed by atoms with Crippen molar-refractivity contribution in [3.8, 4) is 11.5 Å². The van der Waals surface area contributed by atoms with Crippen molar-refractivity contribution in [1.29, 1.82) is 0 Å². The van der Waals surface area contributed by atoms with Crippen LogP contribution in [0.15, 0.2) is 15.9 Å². The zero-order valence-electron chi connectivity index (χ0n) is 8.84. The van der Waals surface area contributed by atoms with E-state index in [9.17, 15) is 0 Å². The molecule has 2 rings (SSSR count). The number of ether oxygens (including phenoxy) is 2. The molecule has 1 heterocycles. The third kappa shape index (κ3) is 1.90. The second kappa shape index (κ2) is 4.82. The Morgan fingerprint density at radius 3 is 2.88 bits per heavy atom. The van der Waals surface area contributed by atoms with Crippen LogP contribution >= 0.6 is 38.9 Å². The summed E-state index contributed by atoms with van der Waals surface area (Å²) in [5.74, 6) is 1.49. The maximum absolute atomic E-state index is 6.13. The smallest absolute Gasteiger partial charge is 0.179 e. The minimum Gasteiger partial charge on any atom is -0.493 e. The summed E-state index contributed by atoms with van der Waals surface area (Å²) in [6, 6.07) is 1.88. The zero-order valence-corrected chi connectivity index (χ0v) is 12.0. The number of halogens is 2. The van der Waals surface area contributed by atoms with Crippen molar-refractivity contribution in [3.63, 3.8) is 0 Å². The zero-order chi connectivity index (χ0) is 11.7. The van der Waals surface area contributed by atoms with E-state index in [1.54, 1.807) is 18.4 Å². The fourth-order valence-corrected chi connectivity index (χ4v) is 3.72. The quantitative estimate of drug-likeness (QED) is 0.814. The number of fused-ring (bicyclic) bond motifs is 1. The number of methoxy groups -OCH3 is 1. The van der Waals surface area contributed by atoms with Gasteiger partial charge in [-0.15, -0.1) is 11.3 Å². The molecule has 1 aromatic heterocycles. The third-order valence-electron chi connectivity index (χ3n) is 2.18. The molecule has 0 amide bonds. The highest BCUT2D eigenvalue weighted by Crippen LogP contribution is 2.46. The van der Waals surface area contributed by atoms with Crippen LogP contribution in [0.4, 0.5) is 0 Å². The Bertz CT molecular complexity index is 524. The molecule has 86 valence electrons. The molecule has 2 aromatic rings. The van der Waals surface area contributed by atoms with Crippen molar-refractivity contribution in [2.45, 2.75) is 6.92 Å². The van der Waals surface area contributed by atoms with Crippen molar-refractivity contribution in [2.24, 2.45) is 0 Å². The second-order valence-corrected chi connectivity index (χ2v) is 5.25. The number of hydrogen-bond acceptors (Lipinski definition) is 3. The van der Waals surface area contributed by atoms with Crippen LogP contribution in [0.3, 0.4) is 0 Å². The Hall–Kier alpha value is -0.450. The summed E-state index contributed by atoms with van der Waals surface area (Å²) in [4.78, 5) is 0. The van der Waals surface area contributed by atoms with Crippen molar-refractivity contribution < 1.29 is 9.47 Å². The molecule has 0 atom stereocenters. The molecule has 0 saturated carbocycles. The average Bonchev–Trinajstić information content (AvgIpc) is 2.65. The first-order chi connectivity index (χ1) is 7.69. The average molecular weight is 322 g/mol. The number of rotatable bonds is 3. The van der Waals surface area contributed by atoms with Crippen LogP contribution in [0, 0.1) is 0 Å². The van der Waals surface area contributed by atoms with Crippen molar-refractivity contribution in [2.75, 3.05) is 13.7 Å². The van der Waals surface area contributed by atoms with E-state index in [0.29, 0.717) is 6.61 Å². The van der Waals surface area contributed by atoms with E-state index < -0.39 is 0 Å². The molecule has 2 nitrogen and oxygen atoms in total. The maximum atomic E-state index is 6.13. The van der Waals surface area contributed by atoms with Gasteiger partial charge in [0.15, 0.2) is 11.5 Å². The van der Waals surface area contributed by atoms with E-state index in [-0.39, 0.29) is 0 Å². The third-order valence-corrected chi connectivity index (χ3v) is 4.21. The summed E-state index contributed by atoms with van der Waals surface area (Å²) in [5, 5.41) is 3.62. The maximum Gasteiger partial charge on any atom is 0.179 e. The molecule has 5 heteroatoms. The van der Waals surface area contributed by atoms with E-state index in [2.05, 4.69) is 15.9 Å². The van der Waals surface area contributed by atoms with E-state index >= 15 is 0 Å². The van der Waals surface area contributed by atoms with Crippen molar-refractivity contribution in [3.05, 3.63) is 20.9 Å². The Kier molecular flexibility index (Phi) is 3.62. The lowest BCUT2D eigenvalue weighted by atomic mass is 10.2. The predicted octanol–water partition coefficient (Wildman–Crippen LogP) is 4.72. The molecule has 1 aromatic carbocycles. The molecule has 0 aliphatic heterocycles. The first-order valence-electron chi connectivity index (χ1n) is 4.75. The standard InChI is InChI=1S/C11H10BrClO2S/c1-3-15-10-8(14-2)4-6(12)9-7(13)5-16-11(9)10/h4-5H,3H2,1-2H3. The summed E-state index contributed by atoms with van der Waals surface area (Å²) < 4.78 is 12.9. The second-order valence-electron chi connectivity index (χ2n) is 3.11. The largest absolute Gasteiger partial charge is 0.493 e. The van der Waals surface area contributed by atoms with Crippen LogP contribution in [0.25, 0.3) is 10.1 Å². The molecule has 0 N–H and O–H groups in total. The van der Waals surface area contributed by atoms with Gasteiger partial charge < -0.3 is 9.47 Å². The fraction of sp³-hybridized carbons (Fsp3) is 0.273. The van der Waals surface area contributed by atoms with Crippen molar-refractivity contribution >= 4 is 49.0 Å². The normalized spacial score (nSPS) is 10.8. The Labute approximate surface area is 111 Å². The summed E-state index contributed by atoms with van der Waals surface area (Å²) in [5.41, 5.74) is 0. The van der Waals surface area contributed by atoms with Gasteiger partial charge in [-0.05, 0) is 28.9 Å². The van der Waals surface area contributed by atoms with Crippen LogP contribution in [-0.4, -0.2) is 13.7 Å². The SMILES string of the molecule is CCOc1c(OC)cc(Br)c2c(Cl)csc12. The van der Waals surface area contributed by atoms with Gasteiger partial charge in [-0.2, -0.15) is 0 Å². The lowest BCUT2D eigenvalue weighted by Gasteiger charge is -2.11. The minimum absolute atomic E-state index is 0.600. The first kappa shape index (κ1) is 12.0. The van der Waals surface area contributed by atoms with Gasteiger partial charge >= 0.3 is 0 Å². The highest BCUT2D eigenvalue weighted by atomic mass is 79.9. The Balaban J connectivity index is 2.77.